The van der Waals surface area contributed by atoms with Crippen LogP contribution >= 0.6 is 11.6 Å². The lowest BCUT2D eigenvalue weighted by atomic mass is 9.77. The molecule has 0 unspecified atom stereocenters. The van der Waals surface area contributed by atoms with E-state index in [2.05, 4.69) is 0 Å². The molecule has 0 aromatic heterocycles. The van der Waals surface area contributed by atoms with Crippen LogP contribution in [0.1, 0.15) is 30.9 Å². The molecule has 3 heteroatoms. The zero-order chi connectivity index (χ0) is 10.1. The van der Waals surface area contributed by atoms with E-state index in [0.717, 1.165) is 18.4 Å². The van der Waals surface area contributed by atoms with Crippen LogP contribution in [0.2, 0.25) is 5.02 Å². The summed E-state index contributed by atoms with van der Waals surface area (Å²) in [6.45, 7) is 0. The molecule has 0 saturated heterocycles. The lowest BCUT2D eigenvalue weighted by molar-refractivity contribution is 0.264. The first-order valence-corrected chi connectivity index (χ1v) is 5.26. The Kier molecular flexibility index (Phi) is 2.75. The highest BCUT2D eigenvalue weighted by molar-refractivity contribution is 6.30. The van der Waals surface area contributed by atoms with Gasteiger partial charge in [0.05, 0.1) is 0 Å². The molecule has 0 radical (unpaired) electrons. The lowest BCUT2D eigenvalue weighted by Gasteiger charge is -2.31. The summed E-state index contributed by atoms with van der Waals surface area (Å²) in [6, 6.07) is 4.48. The number of halogens is 2. The molecule has 0 amide bonds. The van der Waals surface area contributed by atoms with Crippen LogP contribution < -0.4 is 5.73 Å². The first kappa shape index (κ1) is 9.94. The quantitative estimate of drug-likeness (QED) is 0.802. The zero-order valence-electron chi connectivity index (χ0n) is 7.84. The molecule has 1 nitrogen and oxygen atoms in total. The molecule has 1 fully saturated rings. The highest BCUT2D eigenvalue weighted by Crippen LogP contribution is 2.36. The van der Waals surface area contributed by atoms with Gasteiger partial charge in [0.2, 0.25) is 0 Å². The Bertz CT molecular complexity index is 316. The van der Waals surface area contributed by atoms with Crippen LogP contribution in [0.5, 0.6) is 0 Å². The highest BCUT2D eigenvalue weighted by Gasteiger charge is 2.25. The minimum atomic E-state index is -0.303. The minimum Gasteiger partial charge on any atom is -0.324 e. The molecule has 76 valence electrons. The van der Waals surface area contributed by atoms with Crippen molar-refractivity contribution in [2.75, 3.05) is 0 Å². The van der Waals surface area contributed by atoms with Crippen LogP contribution in [0.15, 0.2) is 18.2 Å². The molecule has 1 atom stereocenters. The van der Waals surface area contributed by atoms with Gasteiger partial charge >= 0.3 is 0 Å². The third kappa shape index (κ3) is 1.91. The summed E-state index contributed by atoms with van der Waals surface area (Å²) in [7, 11) is 0. The largest absolute Gasteiger partial charge is 0.324 e. The molecule has 14 heavy (non-hydrogen) atoms. The smallest absolute Gasteiger partial charge is 0.125 e. The standard InChI is InChI=1S/C11H13ClFN/c12-9-4-8(5-10(13)6-9)11(14)7-2-1-3-7/h4-7,11H,1-3,14H2/t11-/m0/s1. The predicted octanol–water partition coefficient (Wildman–Crippen LogP) is 3.28. The third-order valence-electron chi connectivity index (χ3n) is 2.93. The Hall–Kier alpha value is -0.600. The summed E-state index contributed by atoms with van der Waals surface area (Å²) in [5.41, 5.74) is 6.83. The van der Waals surface area contributed by atoms with Gasteiger partial charge in [-0.05, 0) is 42.5 Å². The highest BCUT2D eigenvalue weighted by atomic mass is 35.5. The monoisotopic (exact) mass is 213 g/mol. The van der Waals surface area contributed by atoms with Crippen molar-refractivity contribution in [1.29, 1.82) is 0 Å². The summed E-state index contributed by atoms with van der Waals surface area (Å²) in [6.07, 6.45) is 3.53. The molecule has 0 aliphatic heterocycles. The van der Waals surface area contributed by atoms with Crippen LogP contribution in [0.4, 0.5) is 4.39 Å². The van der Waals surface area contributed by atoms with Gasteiger partial charge in [-0.1, -0.05) is 18.0 Å². The fourth-order valence-corrected chi connectivity index (χ4v) is 2.07. The van der Waals surface area contributed by atoms with Crippen LogP contribution in [0, 0.1) is 11.7 Å². The summed E-state index contributed by atoms with van der Waals surface area (Å²) >= 11 is 5.76. The van der Waals surface area contributed by atoms with Crippen molar-refractivity contribution < 1.29 is 4.39 Å². The van der Waals surface area contributed by atoms with E-state index in [0.29, 0.717) is 10.9 Å². The number of hydrogen-bond acceptors (Lipinski definition) is 1. The second-order valence-corrected chi connectivity index (χ2v) is 4.36. The summed E-state index contributed by atoms with van der Waals surface area (Å²) < 4.78 is 13.0. The van der Waals surface area contributed by atoms with Crippen molar-refractivity contribution in [1.82, 2.24) is 0 Å². The van der Waals surface area contributed by atoms with Crippen molar-refractivity contribution in [3.8, 4) is 0 Å². The van der Waals surface area contributed by atoms with E-state index in [1.54, 1.807) is 6.07 Å². The van der Waals surface area contributed by atoms with Gasteiger partial charge in [0.1, 0.15) is 5.82 Å². The molecule has 1 aliphatic carbocycles. The van der Waals surface area contributed by atoms with Gasteiger partial charge in [-0.3, -0.25) is 0 Å². The normalized spacial score (nSPS) is 19.1. The van der Waals surface area contributed by atoms with E-state index in [1.165, 1.54) is 18.6 Å². The number of rotatable bonds is 2. The van der Waals surface area contributed by atoms with Crippen molar-refractivity contribution in [3.05, 3.63) is 34.6 Å². The Morgan fingerprint density at radius 2 is 2.07 bits per heavy atom. The number of hydrogen-bond donors (Lipinski definition) is 1. The van der Waals surface area contributed by atoms with Crippen LogP contribution in [0.3, 0.4) is 0 Å². The average Bonchev–Trinajstić information content (AvgIpc) is 1.98. The average molecular weight is 214 g/mol. The molecule has 1 aromatic carbocycles. The Balaban J connectivity index is 2.21. The van der Waals surface area contributed by atoms with Crippen LogP contribution in [-0.2, 0) is 0 Å². The molecular formula is C11H13ClFN. The van der Waals surface area contributed by atoms with Gasteiger partial charge in [-0.15, -0.1) is 0 Å². The number of nitrogens with two attached hydrogens (primary N) is 1. The number of benzene rings is 1. The van der Waals surface area contributed by atoms with Crippen molar-refractivity contribution >= 4 is 11.6 Å². The molecule has 0 spiro atoms. The summed E-state index contributed by atoms with van der Waals surface area (Å²) in [5, 5.41) is 0.426. The van der Waals surface area contributed by atoms with E-state index in [-0.39, 0.29) is 11.9 Å². The molecule has 1 aromatic rings. The zero-order valence-corrected chi connectivity index (χ0v) is 8.60. The van der Waals surface area contributed by atoms with Crippen molar-refractivity contribution in [3.63, 3.8) is 0 Å². The van der Waals surface area contributed by atoms with Crippen molar-refractivity contribution in [2.45, 2.75) is 25.3 Å². The fourth-order valence-electron chi connectivity index (χ4n) is 1.84. The first-order valence-electron chi connectivity index (χ1n) is 4.88. The van der Waals surface area contributed by atoms with E-state index < -0.39 is 0 Å². The SMILES string of the molecule is N[C@H](c1cc(F)cc(Cl)c1)C1CCC1. The van der Waals surface area contributed by atoms with Gasteiger partial charge in [0.25, 0.3) is 0 Å². The van der Waals surface area contributed by atoms with Gasteiger partial charge in [-0.2, -0.15) is 0 Å². The molecule has 1 saturated carbocycles. The van der Waals surface area contributed by atoms with Gasteiger partial charge in [-0.25, -0.2) is 4.39 Å². The van der Waals surface area contributed by atoms with Gasteiger partial charge in [0.15, 0.2) is 0 Å². The molecule has 2 N–H and O–H groups in total. The van der Waals surface area contributed by atoms with E-state index in [1.807, 2.05) is 0 Å². The fraction of sp³-hybridized carbons (Fsp3) is 0.455. The Morgan fingerprint density at radius 1 is 1.36 bits per heavy atom. The predicted molar refractivity (Wildman–Crippen MR) is 55.7 cm³/mol. The Morgan fingerprint density at radius 3 is 2.57 bits per heavy atom. The molecule has 0 bridgehead atoms. The van der Waals surface area contributed by atoms with Crippen molar-refractivity contribution in [2.24, 2.45) is 11.7 Å². The Labute approximate surface area is 88.1 Å². The first-order chi connectivity index (χ1) is 6.66. The maximum absolute atomic E-state index is 13.0. The summed E-state index contributed by atoms with van der Waals surface area (Å²) in [4.78, 5) is 0. The summed E-state index contributed by atoms with van der Waals surface area (Å²) in [5.74, 6) is 0.204. The van der Waals surface area contributed by atoms with Crippen LogP contribution in [-0.4, -0.2) is 0 Å². The second kappa shape index (κ2) is 3.87. The molecule has 0 heterocycles. The van der Waals surface area contributed by atoms with E-state index >= 15 is 0 Å². The second-order valence-electron chi connectivity index (χ2n) is 3.92. The van der Waals surface area contributed by atoms with Gasteiger partial charge < -0.3 is 5.73 Å². The van der Waals surface area contributed by atoms with Crippen LogP contribution in [0.25, 0.3) is 0 Å². The lowest BCUT2D eigenvalue weighted by Crippen LogP contribution is -2.26. The topological polar surface area (TPSA) is 26.0 Å². The van der Waals surface area contributed by atoms with E-state index in [9.17, 15) is 4.39 Å². The molecule has 2 rings (SSSR count). The molecule has 1 aliphatic rings. The maximum atomic E-state index is 13.0. The minimum absolute atomic E-state index is 0.0584. The molecular weight excluding hydrogens is 201 g/mol. The maximum Gasteiger partial charge on any atom is 0.125 e. The third-order valence-corrected chi connectivity index (χ3v) is 3.15. The van der Waals surface area contributed by atoms with E-state index in [4.69, 9.17) is 17.3 Å². The van der Waals surface area contributed by atoms with Gasteiger partial charge in [0, 0.05) is 11.1 Å².